The summed E-state index contributed by atoms with van der Waals surface area (Å²) in [6, 6.07) is 23.8. The van der Waals surface area contributed by atoms with Crippen LogP contribution in [-0.4, -0.2) is 32.7 Å². The summed E-state index contributed by atoms with van der Waals surface area (Å²) in [6.45, 7) is 1.81. The molecule has 6 nitrogen and oxygen atoms in total. The second-order valence-corrected chi connectivity index (χ2v) is 10.9. The molecule has 180 valence electrons. The molecule has 8 heteroatoms. The summed E-state index contributed by atoms with van der Waals surface area (Å²) in [5.74, 6) is -0.644. The van der Waals surface area contributed by atoms with E-state index in [-0.39, 0.29) is 17.5 Å². The second-order valence-electron chi connectivity index (χ2n) is 8.59. The van der Waals surface area contributed by atoms with Crippen LogP contribution in [0, 0.1) is 0 Å². The number of amides is 1. The standard InChI is InChI=1S/C29H19N3O3S2/c1-16(36-28-23-14-24(17-7-3-2-4-8-17)37-29(23)31-15-30-28)27(35)32-18-11-12-21-22(13-18)26(34)20-10-6-5-9-19(20)25(21)33/h2-16H,1H3,(H,32,35). The fraction of sp³-hybridized carbons (Fsp3) is 0.0690. The summed E-state index contributed by atoms with van der Waals surface area (Å²) < 4.78 is 0. The first-order chi connectivity index (χ1) is 18.0. The Kier molecular flexibility index (Phi) is 5.90. The average molecular weight is 522 g/mol. The quantitative estimate of drug-likeness (QED) is 0.213. The summed E-state index contributed by atoms with van der Waals surface area (Å²) >= 11 is 2.94. The first-order valence-electron chi connectivity index (χ1n) is 11.6. The van der Waals surface area contributed by atoms with Gasteiger partial charge in [-0.3, -0.25) is 14.4 Å². The van der Waals surface area contributed by atoms with Crippen LogP contribution in [0.4, 0.5) is 5.69 Å². The fourth-order valence-electron chi connectivity index (χ4n) is 4.31. The number of nitrogens with zero attached hydrogens (tertiary/aromatic N) is 2. The number of benzene rings is 3. The first-order valence-corrected chi connectivity index (χ1v) is 13.3. The van der Waals surface area contributed by atoms with Gasteiger partial charge in [0.2, 0.25) is 5.91 Å². The zero-order valence-electron chi connectivity index (χ0n) is 19.6. The highest BCUT2D eigenvalue weighted by molar-refractivity contribution is 8.00. The molecule has 2 aromatic heterocycles. The number of thioether (sulfide) groups is 1. The zero-order chi connectivity index (χ0) is 25.5. The lowest BCUT2D eigenvalue weighted by molar-refractivity contribution is -0.115. The summed E-state index contributed by atoms with van der Waals surface area (Å²) in [7, 11) is 0. The molecule has 0 bridgehead atoms. The van der Waals surface area contributed by atoms with Gasteiger partial charge in [-0.1, -0.05) is 66.4 Å². The van der Waals surface area contributed by atoms with Crippen molar-refractivity contribution < 1.29 is 14.4 Å². The van der Waals surface area contributed by atoms with Crippen molar-refractivity contribution in [3.05, 3.63) is 107 Å². The van der Waals surface area contributed by atoms with Crippen LogP contribution < -0.4 is 5.32 Å². The summed E-state index contributed by atoms with van der Waals surface area (Å²) in [6.07, 6.45) is 1.52. The summed E-state index contributed by atoms with van der Waals surface area (Å²) in [5, 5.41) is 4.06. The number of anilines is 1. The van der Waals surface area contributed by atoms with Gasteiger partial charge in [-0.15, -0.1) is 11.3 Å². The van der Waals surface area contributed by atoms with Crippen molar-refractivity contribution in [2.45, 2.75) is 17.2 Å². The molecule has 1 atom stereocenters. The van der Waals surface area contributed by atoms with Gasteiger partial charge < -0.3 is 5.32 Å². The van der Waals surface area contributed by atoms with Crippen molar-refractivity contribution in [2.24, 2.45) is 0 Å². The van der Waals surface area contributed by atoms with Crippen LogP contribution in [-0.2, 0) is 4.79 Å². The molecule has 3 aromatic carbocycles. The number of rotatable bonds is 5. The van der Waals surface area contributed by atoms with Crippen molar-refractivity contribution in [3.63, 3.8) is 0 Å². The molecular weight excluding hydrogens is 502 g/mol. The van der Waals surface area contributed by atoms with E-state index in [2.05, 4.69) is 33.5 Å². The molecule has 1 aliphatic rings. The van der Waals surface area contributed by atoms with Gasteiger partial charge in [-0.05, 0) is 36.8 Å². The molecule has 0 saturated heterocycles. The van der Waals surface area contributed by atoms with Gasteiger partial charge >= 0.3 is 0 Å². The minimum Gasteiger partial charge on any atom is -0.325 e. The van der Waals surface area contributed by atoms with Crippen molar-refractivity contribution in [1.82, 2.24) is 9.97 Å². The average Bonchev–Trinajstić information content (AvgIpc) is 3.38. The van der Waals surface area contributed by atoms with Gasteiger partial charge in [0.15, 0.2) is 11.6 Å². The molecule has 0 radical (unpaired) electrons. The molecule has 1 unspecified atom stereocenters. The first kappa shape index (κ1) is 23.3. The molecule has 1 N–H and O–H groups in total. The van der Waals surface area contributed by atoms with Crippen molar-refractivity contribution >= 4 is 56.5 Å². The Morgan fingerprint density at radius 1 is 0.838 bits per heavy atom. The van der Waals surface area contributed by atoms with Crippen LogP contribution >= 0.6 is 23.1 Å². The van der Waals surface area contributed by atoms with Crippen LogP contribution in [0.1, 0.15) is 38.8 Å². The predicted octanol–water partition coefficient (Wildman–Crippen LogP) is 6.25. The molecular formula is C29H19N3O3S2. The van der Waals surface area contributed by atoms with Gasteiger partial charge in [0, 0.05) is 38.2 Å². The Morgan fingerprint density at radius 3 is 2.27 bits per heavy atom. The third kappa shape index (κ3) is 4.24. The maximum atomic E-state index is 13.1. The van der Waals surface area contributed by atoms with Gasteiger partial charge in [0.1, 0.15) is 16.2 Å². The van der Waals surface area contributed by atoms with Crippen LogP contribution in [0.3, 0.4) is 0 Å². The second kappa shape index (κ2) is 9.38. The number of nitrogens with one attached hydrogen (secondary N) is 1. The van der Waals surface area contributed by atoms with E-state index in [0.29, 0.717) is 27.9 Å². The largest absolute Gasteiger partial charge is 0.325 e. The Bertz CT molecular complexity index is 1710. The normalized spacial score (nSPS) is 13.2. The van der Waals surface area contributed by atoms with E-state index in [0.717, 1.165) is 25.7 Å². The lowest BCUT2D eigenvalue weighted by Crippen LogP contribution is -2.24. The van der Waals surface area contributed by atoms with Crippen LogP contribution in [0.15, 0.2) is 90.2 Å². The lowest BCUT2D eigenvalue weighted by atomic mass is 9.84. The molecule has 37 heavy (non-hydrogen) atoms. The van der Waals surface area contributed by atoms with Crippen molar-refractivity contribution in [3.8, 4) is 10.4 Å². The Morgan fingerprint density at radius 2 is 1.51 bits per heavy atom. The number of ketones is 2. The van der Waals surface area contributed by atoms with E-state index < -0.39 is 5.25 Å². The van der Waals surface area contributed by atoms with Crippen molar-refractivity contribution in [2.75, 3.05) is 5.32 Å². The van der Waals surface area contributed by atoms with E-state index >= 15 is 0 Å². The molecule has 0 fully saturated rings. The van der Waals surface area contributed by atoms with E-state index in [9.17, 15) is 14.4 Å². The van der Waals surface area contributed by atoms with Crippen molar-refractivity contribution in [1.29, 1.82) is 0 Å². The highest BCUT2D eigenvalue weighted by Gasteiger charge is 2.29. The minimum atomic E-state index is -0.465. The molecule has 2 heterocycles. The summed E-state index contributed by atoms with van der Waals surface area (Å²) in [5.41, 5.74) is 3.00. The molecule has 5 aromatic rings. The predicted molar refractivity (Wildman–Crippen MR) is 147 cm³/mol. The number of hydrogen-bond acceptors (Lipinski definition) is 7. The lowest BCUT2D eigenvalue weighted by Gasteiger charge is -2.18. The zero-order valence-corrected chi connectivity index (χ0v) is 21.2. The SMILES string of the molecule is CC(Sc1ncnc2sc(-c3ccccc3)cc12)C(=O)Nc1ccc2c(c1)C(=O)c1ccccc1C2=O. The topological polar surface area (TPSA) is 89.0 Å². The number of aromatic nitrogens is 2. The number of fused-ring (bicyclic) bond motifs is 3. The number of carbonyl (C=O) groups is 3. The minimum absolute atomic E-state index is 0.189. The fourth-order valence-corrected chi connectivity index (χ4v) is 6.27. The highest BCUT2D eigenvalue weighted by atomic mass is 32.2. The molecule has 0 saturated carbocycles. The van der Waals surface area contributed by atoms with E-state index in [4.69, 9.17) is 0 Å². The number of thiophene rings is 1. The molecule has 0 spiro atoms. The smallest absolute Gasteiger partial charge is 0.237 e. The summed E-state index contributed by atoms with van der Waals surface area (Å²) in [4.78, 5) is 49.7. The molecule has 6 rings (SSSR count). The Hall–Kier alpha value is -4.14. The highest BCUT2D eigenvalue weighted by Crippen LogP contribution is 2.37. The number of hydrogen-bond donors (Lipinski definition) is 1. The van der Waals surface area contributed by atoms with E-state index in [1.54, 1.807) is 53.8 Å². The van der Waals surface area contributed by atoms with Crippen LogP contribution in [0.5, 0.6) is 0 Å². The van der Waals surface area contributed by atoms with Gasteiger partial charge in [0.25, 0.3) is 0 Å². The van der Waals surface area contributed by atoms with Gasteiger partial charge in [-0.25, -0.2) is 9.97 Å². The monoisotopic (exact) mass is 521 g/mol. The van der Waals surface area contributed by atoms with Crippen LogP contribution in [0.25, 0.3) is 20.7 Å². The van der Waals surface area contributed by atoms with E-state index in [1.165, 1.54) is 18.1 Å². The van der Waals surface area contributed by atoms with Gasteiger partial charge in [-0.2, -0.15) is 0 Å². The Balaban J connectivity index is 1.22. The molecule has 0 aliphatic heterocycles. The maximum absolute atomic E-state index is 13.1. The Labute approximate surface area is 220 Å². The third-order valence-corrected chi connectivity index (χ3v) is 8.41. The molecule has 1 aliphatic carbocycles. The van der Waals surface area contributed by atoms with Gasteiger partial charge in [0.05, 0.1) is 5.25 Å². The maximum Gasteiger partial charge on any atom is 0.237 e. The van der Waals surface area contributed by atoms with E-state index in [1.807, 2.05) is 25.1 Å². The third-order valence-electron chi connectivity index (χ3n) is 6.20. The van der Waals surface area contributed by atoms with Crippen LogP contribution in [0.2, 0.25) is 0 Å². The number of carbonyl (C=O) groups excluding carboxylic acids is 3. The molecule has 1 amide bonds.